The van der Waals surface area contributed by atoms with Crippen molar-refractivity contribution in [2.24, 2.45) is 0 Å². The first-order valence-corrected chi connectivity index (χ1v) is 7.43. The number of aromatic amines is 1. The van der Waals surface area contributed by atoms with Crippen molar-refractivity contribution in [1.29, 1.82) is 0 Å². The molecule has 1 aromatic carbocycles. The first kappa shape index (κ1) is 14.4. The first-order chi connectivity index (χ1) is 9.99. The van der Waals surface area contributed by atoms with E-state index in [0.29, 0.717) is 4.47 Å². The lowest BCUT2D eigenvalue weighted by Crippen LogP contribution is -2.15. The third-order valence-corrected chi connectivity index (χ3v) is 4.62. The Balaban J connectivity index is 2.11. The fraction of sp³-hybridized carbons (Fsp3) is 0.357. The van der Waals surface area contributed by atoms with Crippen LogP contribution >= 0.6 is 15.9 Å². The average molecular weight is 361 g/mol. The second-order valence-electron chi connectivity index (χ2n) is 5.18. The summed E-state index contributed by atoms with van der Waals surface area (Å²) >= 11 is 3.23. The van der Waals surface area contributed by atoms with E-state index in [1.807, 2.05) is 0 Å². The minimum Gasteiger partial charge on any atom is -0.294 e. The van der Waals surface area contributed by atoms with Gasteiger partial charge in [0.2, 0.25) is 0 Å². The highest BCUT2D eigenvalue weighted by Gasteiger charge is 2.24. The molecule has 1 saturated carbocycles. The lowest BCUT2D eigenvalue weighted by Gasteiger charge is -2.07. The molecule has 1 aliphatic rings. The van der Waals surface area contributed by atoms with Gasteiger partial charge in [-0.3, -0.25) is 9.89 Å². The van der Waals surface area contributed by atoms with Crippen LogP contribution < -0.4 is 5.56 Å². The van der Waals surface area contributed by atoms with Gasteiger partial charge in [-0.2, -0.15) is 0 Å². The third-order valence-electron chi connectivity index (χ3n) is 3.85. The summed E-state index contributed by atoms with van der Waals surface area (Å²) in [6, 6.07) is 1.59. The maximum Gasteiger partial charge on any atom is 0.285 e. The lowest BCUT2D eigenvalue weighted by molar-refractivity contribution is 0.445. The quantitative estimate of drug-likeness (QED) is 0.807. The molecular weight excluding hydrogens is 349 g/mol. The normalized spacial score (nSPS) is 15.8. The van der Waals surface area contributed by atoms with Gasteiger partial charge in [-0.15, -0.1) is 0 Å². The highest BCUT2D eigenvalue weighted by molar-refractivity contribution is 9.10. The molecule has 2 aromatic rings. The fourth-order valence-electron chi connectivity index (χ4n) is 2.77. The molecule has 0 saturated heterocycles. The summed E-state index contributed by atoms with van der Waals surface area (Å²) < 4.78 is 41.0. The topological polar surface area (TPSA) is 37.8 Å². The van der Waals surface area contributed by atoms with E-state index in [-0.39, 0.29) is 11.6 Å². The van der Waals surface area contributed by atoms with Crippen LogP contribution in [-0.4, -0.2) is 9.78 Å². The van der Waals surface area contributed by atoms with Crippen LogP contribution in [0.1, 0.15) is 37.3 Å². The van der Waals surface area contributed by atoms with Gasteiger partial charge in [0.15, 0.2) is 17.5 Å². The molecule has 0 spiro atoms. The molecule has 0 bridgehead atoms. The van der Waals surface area contributed by atoms with Crippen LogP contribution in [0.5, 0.6) is 0 Å². The van der Waals surface area contributed by atoms with Gasteiger partial charge in [0.05, 0.1) is 11.4 Å². The molecule has 1 aromatic heterocycles. The summed E-state index contributed by atoms with van der Waals surface area (Å²) in [5, 5.41) is 2.88. The van der Waals surface area contributed by atoms with Gasteiger partial charge in [0.25, 0.3) is 5.56 Å². The van der Waals surface area contributed by atoms with E-state index in [1.54, 1.807) is 0 Å². The van der Waals surface area contributed by atoms with Crippen LogP contribution in [0.4, 0.5) is 13.2 Å². The Hall–Kier alpha value is -1.50. The second-order valence-corrected chi connectivity index (χ2v) is 5.98. The molecule has 0 amide bonds. The SMILES string of the molecule is O=c1c(Br)c(C2CCCC2)[nH]n1-c1cc(F)c(F)c(F)c1. The number of hydrogen-bond donors (Lipinski definition) is 1. The maximum absolute atomic E-state index is 13.3. The highest BCUT2D eigenvalue weighted by atomic mass is 79.9. The summed E-state index contributed by atoms with van der Waals surface area (Å²) in [6.45, 7) is 0. The number of hydrogen-bond acceptors (Lipinski definition) is 1. The van der Waals surface area contributed by atoms with E-state index in [9.17, 15) is 18.0 Å². The van der Waals surface area contributed by atoms with Crippen molar-refractivity contribution in [3.05, 3.63) is 50.1 Å². The van der Waals surface area contributed by atoms with E-state index < -0.39 is 23.0 Å². The van der Waals surface area contributed by atoms with E-state index in [0.717, 1.165) is 48.2 Å². The van der Waals surface area contributed by atoms with Crippen LogP contribution in [0.15, 0.2) is 21.4 Å². The number of nitrogens with zero attached hydrogens (tertiary/aromatic N) is 1. The molecule has 1 N–H and O–H groups in total. The molecule has 7 heteroatoms. The predicted molar refractivity (Wildman–Crippen MR) is 75.2 cm³/mol. The van der Waals surface area contributed by atoms with Crippen LogP contribution in [0.2, 0.25) is 0 Å². The Kier molecular flexibility index (Phi) is 3.69. The third kappa shape index (κ3) is 2.43. The van der Waals surface area contributed by atoms with Crippen molar-refractivity contribution in [2.45, 2.75) is 31.6 Å². The molecule has 3 nitrogen and oxygen atoms in total. The Morgan fingerprint density at radius 2 is 1.71 bits per heavy atom. The smallest absolute Gasteiger partial charge is 0.285 e. The number of rotatable bonds is 2. The standard InChI is InChI=1S/C14H12BrF3N2O/c15-11-13(7-3-1-2-4-7)19-20(14(11)21)8-5-9(16)12(18)10(17)6-8/h5-7,19H,1-4H2. The van der Waals surface area contributed by atoms with Gasteiger partial charge in [0.1, 0.15) is 4.47 Å². The van der Waals surface area contributed by atoms with Crippen LogP contribution in [0.25, 0.3) is 5.69 Å². The monoisotopic (exact) mass is 360 g/mol. The van der Waals surface area contributed by atoms with Crippen molar-refractivity contribution >= 4 is 15.9 Å². The number of benzene rings is 1. The molecule has 1 aliphatic carbocycles. The first-order valence-electron chi connectivity index (χ1n) is 6.64. The van der Waals surface area contributed by atoms with Crippen LogP contribution in [0, 0.1) is 17.5 Å². The Bertz CT molecular complexity index is 724. The maximum atomic E-state index is 13.3. The zero-order valence-electron chi connectivity index (χ0n) is 10.9. The number of H-pyrrole nitrogens is 1. The summed E-state index contributed by atoms with van der Waals surface area (Å²) in [6.07, 6.45) is 4.10. The molecule has 0 atom stereocenters. The van der Waals surface area contributed by atoms with Gasteiger partial charge in [-0.1, -0.05) is 12.8 Å². The van der Waals surface area contributed by atoms with Crippen LogP contribution in [0.3, 0.4) is 0 Å². The van der Waals surface area contributed by atoms with Gasteiger partial charge in [-0.25, -0.2) is 17.9 Å². The van der Waals surface area contributed by atoms with Crippen molar-refractivity contribution in [3.63, 3.8) is 0 Å². The molecule has 21 heavy (non-hydrogen) atoms. The minimum atomic E-state index is -1.55. The molecule has 0 unspecified atom stereocenters. The predicted octanol–water partition coefficient (Wildman–Crippen LogP) is 4.00. The van der Waals surface area contributed by atoms with Gasteiger partial charge in [0, 0.05) is 18.1 Å². The summed E-state index contributed by atoms with van der Waals surface area (Å²) in [7, 11) is 0. The zero-order chi connectivity index (χ0) is 15.1. The average Bonchev–Trinajstić information content (AvgIpc) is 3.06. The van der Waals surface area contributed by atoms with Gasteiger partial charge in [-0.05, 0) is 28.8 Å². The van der Waals surface area contributed by atoms with Crippen molar-refractivity contribution in [3.8, 4) is 5.69 Å². The number of aromatic nitrogens is 2. The highest BCUT2D eigenvalue weighted by Crippen LogP contribution is 2.35. The van der Waals surface area contributed by atoms with E-state index in [2.05, 4.69) is 21.0 Å². The van der Waals surface area contributed by atoms with Crippen LogP contribution in [-0.2, 0) is 0 Å². The van der Waals surface area contributed by atoms with Gasteiger partial charge >= 0.3 is 0 Å². The Morgan fingerprint density at radius 1 is 1.14 bits per heavy atom. The summed E-state index contributed by atoms with van der Waals surface area (Å²) in [5.41, 5.74) is 0.214. The molecule has 1 fully saturated rings. The zero-order valence-corrected chi connectivity index (χ0v) is 12.5. The van der Waals surface area contributed by atoms with E-state index in [1.165, 1.54) is 0 Å². The fourth-order valence-corrected chi connectivity index (χ4v) is 3.36. The molecular formula is C14H12BrF3N2O. The summed E-state index contributed by atoms with van der Waals surface area (Å²) in [5.74, 6) is -3.98. The Labute approximate surface area is 126 Å². The van der Waals surface area contributed by atoms with E-state index >= 15 is 0 Å². The summed E-state index contributed by atoms with van der Waals surface area (Å²) in [4.78, 5) is 12.2. The van der Waals surface area contributed by atoms with Gasteiger partial charge < -0.3 is 0 Å². The molecule has 112 valence electrons. The molecule has 1 heterocycles. The van der Waals surface area contributed by atoms with Crippen molar-refractivity contribution in [2.75, 3.05) is 0 Å². The second kappa shape index (κ2) is 5.36. The van der Waals surface area contributed by atoms with E-state index in [4.69, 9.17) is 0 Å². The van der Waals surface area contributed by atoms with Crippen molar-refractivity contribution < 1.29 is 13.2 Å². The molecule has 3 rings (SSSR count). The largest absolute Gasteiger partial charge is 0.294 e. The molecule has 0 aliphatic heterocycles. The number of nitrogens with one attached hydrogen (secondary N) is 1. The lowest BCUT2D eigenvalue weighted by atomic mass is 10.1. The Morgan fingerprint density at radius 3 is 2.29 bits per heavy atom. The number of halogens is 4. The minimum absolute atomic E-state index is 0.0682. The molecule has 0 radical (unpaired) electrons. The van der Waals surface area contributed by atoms with Crippen molar-refractivity contribution in [1.82, 2.24) is 9.78 Å².